The van der Waals surface area contributed by atoms with E-state index in [1.54, 1.807) is 30.3 Å². The van der Waals surface area contributed by atoms with Gasteiger partial charge in [-0.05, 0) is 24.3 Å². The van der Waals surface area contributed by atoms with E-state index in [1.807, 2.05) is 6.07 Å². The summed E-state index contributed by atoms with van der Waals surface area (Å²) in [5, 5.41) is 2.07. The molecule has 0 atom stereocenters. The third-order valence-electron chi connectivity index (χ3n) is 1.89. The molecule has 0 spiro atoms. The van der Waals surface area contributed by atoms with Crippen LogP contribution in [0.25, 0.3) is 0 Å². The molecule has 2 nitrogen and oxygen atoms in total. The van der Waals surface area contributed by atoms with Crippen LogP contribution < -0.4 is 0 Å². The van der Waals surface area contributed by atoms with Gasteiger partial charge in [-0.3, -0.25) is 4.79 Å². The molecular weight excluding hydrogens is 182 g/mol. The second-order valence-electron chi connectivity index (χ2n) is 3.22. The smallest absolute Gasteiger partial charge is 0.222 e. The predicted octanol–water partition coefficient (Wildman–Crippen LogP) is 2.16. The van der Waals surface area contributed by atoms with E-state index in [2.05, 4.69) is 11.4 Å². The van der Waals surface area contributed by atoms with Crippen LogP contribution in [0, 0.1) is 0 Å². The second-order valence-corrected chi connectivity index (χ2v) is 4.25. The molecule has 0 aromatic carbocycles. The van der Waals surface area contributed by atoms with Gasteiger partial charge in [-0.15, -0.1) is 11.3 Å². The molecule has 1 amide bonds. The highest BCUT2D eigenvalue weighted by molar-refractivity contribution is 7.09. The quantitative estimate of drug-likeness (QED) is 0.724. The second kappa shape index (κ2) is 5.02. The zero-order valence-electron chi connectivity index (χ0n) is 8.12. The van der Waals surface area contributed by atoms with Gasteiger partial charge in [0.1, 0.15) is 0 Å². The molecule has 0 N–H and O–H groups in total. The summed E-state index contributed by atoms with van der Waals surface area (Å²) in [5.41, 5.74) is 0. The van der Waals surface area contributed by atoms with E-state index in [-0.39, 0.29) is 5.91 Å². The van der Waals surface area contributed by atoms with Gasteiger partial charge in [0.15, 0.2) is 0 Å². The zero-order valence-corrected chi connectivity index (χ0v) is 8.93. The Morgan fingerprint density at radius 1 is 1.54 bits per heavy atom. The van der Waals surface area contributed by atoms with E-state index >= 15 is 0 Å². The first-order valence-corrected chi connectivity index (χ1v) is 5.30. The molecule has 0 unspecified atom stereocenters. The molecule has 1 rings (SSSR count). The largest absolute Gasteiger partial charge is 0.349 e. The summed E-state index contributed by atoms with van der Waals surface area (Å²) in [5.74, 6) is 0.219. The van der Waals surface area contributed by atoms with Crippen LogP contribution in [0.1, 0.15) is 17.7 Å². The maximum absolute atomic E-state index is 11.2. The Morgan fingerprint density at radius 3 is 2.85 bits per heavy atom. The molecule has 0 saturated carbocycles. The third kappa shape index (κ3) is 3.59. The van der Waals surface area contributed by atoms with Crippen LogP contribution in [0.4, 0.5) is 0 Å². The molecule has 1 aromatic rings. The molecule has 0 bridgehead atoms. The molecule has 0 fully saturated rings. The van der Waals surface area contributed by atoms with Crippen molar-refractivity contribution in [2.75, 3.05) is 14.1 Å². The summed E-state index contributed by atoms with van der Waals surface area (Å²) in [4.78, 5) is 14.2. The molecule has 0 radical (unpaired) electrons. The zero-order chi connectivity index (χ0) is 9.68. The Balaban J connectivity index is 2.18. The lowest BCUT2D eigenvalue weighted by atomic mass is 10.2. The summed E-state index contributed by atoms with van der Waals surface area (Å²) in [6.07, 6.45) is 2.64. The maximum Gasteiger partial charge on any atom is 0.222 e. The summed E-state index contributed by atoms with van der Waals surface area (Å²) in [7, 11) is 3.60. The van der Waals surface area contributed by atoms with Crippen molar-refractivity contribution in [3.8, 4) is 0 Å². The highest BCUT2D eigenvalue weighted by atomic mass is 32.1. The number of rotatable bonds is 4. The Hall–Kier alpha value is -0.830. The van der Waals surface area contributed by atoms with Gasteiger partial charge >= 0.3 is 0 Å². The van der Waals surface area contributed by atoms with E-state index in [9.17, 15) is 4.79 Å². The fourth-order valence-corrected chi connectivity index (χ4v) is 1.84. The lowest BCUT2D eigenvalue weighted by Gasteiger charge is -2.08. The number of nitrogens with zero attached hydrogens (tertiary/aromatic N) is 1. The number of aryl methyl sites for hydroxylation is 1. The van der Waals surface area contributed by atoms with Crippen molar-refractivity contribution in [3.05, 3.63) is 22.4 Å². The minimum Gasteiger partial charge on any atom is -0.349 e. The van der Waals surface area contributed by atoms with Crippen LogP contribution >= 0.6 is 11.3 Å². The first-order valence-electron chi connectivity index (χ1n) is 4.42. The molecule has 1 heterocycles. The monoisotopic (exact) mass is 197 g/mol. The topological polar surface area (TPSA) is 20.3 Å². The number of carbonyl (C=O) groups excluding carboxylic acids is 1. The first kappa shape index (κ1) is 10.3. The van der Waals surface area contributed by atoms with Crippen molar-refractivity contribution < 1.29 is 4.79 Å². The summed E-state index contributed by atoms with van der Waals surface area (Å²) in [6.45, 7) is 0. The van der Waals surface area contributed by atoms with Gasteiger partial charge < -0.3 is 4.90 Å². The van der Waals surface area contributed by atoms with E-state index in [1.165, 1.54) is 4.88 Å². The van der Waals surface area contributed by atoms with E-state index in [0.717, 1.165) is 12.8 Å². The van der Waals surface area contributed by atoms with Gasteiger partial charge in [0.05, 0.1) is 0 Å². The van der Waals surface area contributed by atoms with Crippen LogP contribution in [0.3, 0.4) is 0 Å². The van der Waals surface area contributed by atoms with Crippen LogP contribution in [0.5, 0.6) is 0 Å². The van der Waals surface area contributed by atoms with Crippen molar-refractivity contribution in [2.45, 2.75) is 19.3 Å². The Labute approximate surface area is 83.2 Å². The van der Waals surface area contributed by atoms with Gasteiger partial charge in [-0.25, -0.2) is 0 Å². The first-order chi connectivity index (χ1) is 6.20. The van der Waals surface area contributed by atoms with Crippen LogP contribution in [-0.2, 0) is 11.2 Å². The molecule has 0 aliphatic rings. The molecule has 1 aromatic heterocycles. The van der Waals surface area contributed by atoms with Crippen LogP contribution in [0.2, 0.25) is 0 Å². The summed E-state index contributed by atoms with van der Waals surface area (Å²) >= 11 is 1.76. The molecule has 0 saturated heterocycles. The van der Waals surface area contributed by atoms with E-state index in [4.69, 9.17) is 0 Å². The average molecular weight is 197 g/mol. The lowest BCUT2D eigenvalue weighted by molar-refractivity contribution is -0.128. The summed E-state index contributed by atoms with van der Waals surface area (Å²) in [6, 6.07) is 4.17. The lowest BCUT2D eigenvalue weighted by Crippen LogP contribution is -2.21. The normalized spacial score (nSPS) is 10.0. The van der Waals surface area contributed by atoms with Crippen molar-refractivity contribution in [1.82, 2.24) is 4.90 Å². The fraction of sp³-hybridized carbons (Fsp3) is 0.500. The van der Waals surface area contributed by atoms with Crippen LogP contribution in [0.15, 0.2) is 17.5 Å². The van der Waals surface area contributed by atoms with Gasteiger partial charge in [0, 0.05) is 25.4 Å². The molecule has 0 aliphatic carbocycles. The van der Waals surface area contributed by atoms with Crippen molar-refractivity contribution >= 4 is 17.2 Å². The number of carbonyl (C=O) groups is 1. The number of hydrogen-bond acceptors (Lipinski definition) is 2. The molecular formula is C10H15NOS. The Bertz CT molecular complexity index is 254. The molecule has 13 heavy (non-hydrogen) atoms. The SMILES string of the molecule is CN(C)C(=O)CCCc1cccs1. The predicted molar refractivity (Wildman–Crippen MR) is 56.0 cm³/mol. The summed E-state index contributed by atoms with van der Waals surface area (Å²) < 4.78 is 0. The highest BCUT2D eigenvalue weighted by Gasteiger charge is 2.03. The fourth-order valence-electron chi connectivity index (χ4n) is 1.09. The van der Waals surface area contributed by atoms with Gasteiger partial charge in [-0.2, -0.15) is 0 Å². The number of thiophene rings is 1. The molecule has 72 valence electrons. The Kier molecular flexibility index (Phi) is 3.96. The minimum absolute atomic E-state index is 0.219. The third-order valence-corrected chi connectivity index (χ3v) is 2.83. The van der Waals surface area contributed by atoms with Crippen molar-refractivity contribution in [3.63, 3.8) is 0 Å². The molecule has 0 aliphatic heterocycles. The van der Waals surface area contributed by atoms with E-state index < -0.39 is 0 Å². The molecule has 3 heteroatoms. The van der Waals surface area contributed by atoms with E-state index in [0.29, 0.717) is 6.42 Å². The Morgan fingerprint density at radius 2 is 2.31 bits per heavy atom. The minimum atomic E-state index is 0.219. The van der Waals surface area contributed by atoms with Crippen molar-refractivity contribution in [1.29, 1.82) is 0 Å². The van der Waals surface area contributed by atoms with Gasteiger partial charge in [-0.1, -0.05) is 6.07 Å². The number of amides is 1. The highest BCUT2D eigenvalue weighted by Crippen LogP contribution is 2.12. The van der Waals surface area contributed by atoms with Crippen LogP contribution in [-0.4, -0.2) is 24.9 Å². The number of hydrogen-bond donors (Lipinski definition) is 0. The average Bonchev–Trinajstić information content (AvgIpc) is 2.56. The standard InChI is InChI=1S/C10H15NOS/c1-11(2)10(12)7-3-5-9-6-4-8-13-9/h4,6,8H,3,5,7H2,1-2H3. The van der Waals surface area contributed by atoms with Crippen molar-refractivity contribution in [2.24, 2.45) is 0 Å². The van der Waals surface area contributed by atoms with Gasteiger partial charge in [0.25, 0.3) is 0 Å². The maximum atomic E-state index is 11.2. The van der Waals surface area contributed by atoms with Gasteiger partial charge in [0.2, 0.25) is 5.91 Å².